The molecule has 3 rings (SSSR count). The van der Waals surface area contributed by atoms with Crippen molar-refractivity contribution >= 4 is 23.4 Å². The summed E-state index contributed by atoms with van der Waals surface area (Å²) < 4.78 is 0. The Balaban J connectivity index is 2.18. The van der Waals surface area contributed by atoms with Gasteiger partial charge >= 0.3 is 0 Å². The van der Waals surface area contributed by atoms with Crippen molar-refractivity contribution in [2.45, 2.75) is 45.6 Å². The number of ketones is 2. The molecule has 0 radical (unpaired) electrons. The first-order valence-corrected chi connectivity index (χ1v) is 6.26. The minimum atomic E-state index is -1.04. The zero-order valence-electron chi connectivity index (χ0n) is 10.5. The zero-order chi connectivity index (χ0) is 13.3. The minimum absolute atomic E-state index is 0.0620. The number of carbonyl (C=O) groups excluding carboxylic acids is 4. The Morgan fingerprint density at radius 2 is 1.17 bits per heavy atom. The third-order valence-corrected chi connectivity index (χ3v) is 4.68. The highest BCUT2D eigenvalue weighted by atomic mass is 16.2. The quantitative estimate of drug-likeness (QED) is 0.633. The summed E-state index contributed by atoms with van der Waals surface area (Å²) in [5.74, 6) is -0.737. The summed E-state index contributed by atoms with van der Waals surface area (Å²) >= 11 is 0. The summed E-state index contributed by atoms with van der Waals surface area (Å²) in [4.78, 5) is 49.7. The summed E-state index contributed by atoms with van der Waals surface area (Å²) in [5, 5.41) is 0. The van der Waals surface area contributed by atoms with Crippen LogP contribution in [0.3, 0.4) is 0 Å². The first kappa shape index (κ1) is 11.6. The molecule has 0 N–H and O–H groups in total. The van der Waals surface area contributed by atoms with Gasteiger partial charge in [-0.2, -0.15) is 0 Å². The fraction of sp³-hybridized carbons (Fsp3) is 0.692. The molecule has 2 amide bonds. The van der Waals surface area contributed by atoms with Crippen molar-refractivity contribution in [1.29, 1.82) is 0 Å². The highest BCUT2D eigenvalue weighted by molar-refractivity contribution is 6.19. The van der Waals surface area contributed by atoms with E-state index in [1.807, 2.05) is 0 Å². The molecule has 0 unspecified atom stereocenters. The van der Waals surface area contributed by atoms with Gasteiger partial charge < -0.3 is 0 Å². The molecule has 0 spiro atoms. The number of hydrogen-bond acceptors (Lipinski definition) is 4. The summed E-state index contributed by atoms with van der Waals surface area (Å²) in [6.07, 6.45) is 0.248. The van der Waals surface area contributed by atoms with Crippen molar-refractivity contribution in [3.05, 3.63) is 0 Å². The van der Waals surface area contributed by atoms with E-state index in [1.165, 1.54) is 4.90 Å². The molecule has 1 aliphatic heterocycles. The molecule has 0 aromatic heterocycles. The maximum atomic E-state index is 12.5. The minimum Gasteiger partial charge on any atom is -0.300 e. The van der Waals surface area contributed by atoms with Crippen molar-refractivity contribution in [2.24, 2.45) is 10.8 Å². The number of rotatable bonds is 1. The fourth-order valence-electron chi connectivity index (χ4n) is 4.01. The molecule has 18 heavy (non-hydrogen) atoms. The van der Waals surface area contributed by atoms with E-state index in [9.17, 15) is 19.2 Å². The fourth-order valence-corrected chi connectivity index (χ4v) is 4.01. The van der Waals surface area contributed by atoms with Crippen molar-refractivity contribution in [3.8, 4) is 0 Å². The Hall–Kier alpha value is -1.52. The molecule has 96 valence electrons. The van der Waals surface area contributed by atoms with Gasteiger partial charge in [-0.05, 0) is 13.8 Å². The van der Waals surface area contributed by atoms with Crippen molar-refractivity contribution in [3.63, 3.8) is 0 Å². The Morgan fingerprint density at radius 3 is 1.44 bits per heavy atom. The molecule has 0 aromatic rings. The molecule has 0 atom stereocenters. The van der Waals surface area contributed by atoms with Crippen LogP contribution in [0.5, 0.6) is 0 Å². The third-order valence-electron chi connectivity index (χ3n) is 4.68. The van der Waals surface area contributed by atoms with E-state index in [0.717, 1.165) is 0 Å². The van der Waals surface area contributed by atoms with Gasteiger partial charge in [-0.3, -0.25) is 24.1 Å². The van der Waals surface area contributed by atoms with Crippen LogP contribution in [0.15, 0.2) is 0 Å². The van der Waals surface area contributed by atoms with E-state index < -0.39 is 10.8 Å². The van der Waals surface area contributed by atoms with E-state index in [0.29, 0.717) is 0 Å². The smallest absolute Gasteiger partial charge is 0.237 e. The van der Waals surface area contributed by atoms with E-state index >= 15 is 0 Å². The molecule has 2 aliphatic carbocycles. The SMILES string of the molecule is CC(C)N1C(=O)C23CC(=O)CC2(CC(=O)C3)C1=O. The van der Waals surface area contributed by atoms with Gasteiger partial charge in [-0.1, -0.05) is 0 Å². The van der Waals surface area contributed by atoms with E-state index in [2.05, 4.69) is 0 Å². The number of Topliss-reactive ketones (excluding diaryl/α,β-unsaturated/α-hetero) is 2. The van der Waals surface area contributed by atoms with Crippen LogP contribution in [0.25, 0.3) is 0 Å². The first-order chi connectivity index (χ1) is 8.34. The first-order valence-electron chi connectivity index (χ1n) is 6.26. The van der Waals surface area contributed by atoms with E-state index in [-0.39, 0.29) is 55.1 Å². The van der Waals surface area contributed by atoms with Gasteiger partial charge in [0.15, 0.2) is 0 Å². The summed E-state index contributed by atoms with van der Waals surface area (Å²) in [5.41, 5.74) is -2.08. The normalized spacial score (nSPS) is 38.9. The molecular weight excluding hydrogens is 234 g/mol. The van der Waals surface area contributed by atoms with Crippen LogP contribution in [0.2, 0.25) is 0 Å². The van der Waals surface area contributed by atoms with Gasteiger partial charge in [0.2, 0.25) is 11.8 Å². The van der Waals surface area contributed by atoms with Crippen LogP contribution in [0.1, 0.15) is 39.5 Å². The van der Waals surface area contributed by atoms with Gasteiger partial charge in [-0.25, -0.2) is 0 Å². The molecule has 1 heterocycles. The standard InChI is InChI=1S/C13H15NO4/c1-7(2)14-10(17)12-3-8(15)4-13(12,11(14)18)6-9(16)5-12/h7H,3-6H2,1-2H3. The molecule has 3 aliphatic rings. The van der Waals surface area contributed by atoms with Crippen LogP contribution in [-0.4, -0.2) is 34.3 Å². The van der Waals surface area contributed by atoms with Crippen molar-refractivity contribution in [2.75, 3.05) is 0 Å². The average molecular weight is 249 g/mol. The zero-order valence-corrected chi connectivity index (χ0v) is 10.5. The van der Waals surface area contributed by atoms with Crippen LogP contribution < -0.4 is 0 Å². The Labute approximate surface area is 105 Å². The number of imide groups is 1. The predicted molar refractivity (Wildman–Crippen MR) is 60.3 cm³/mol. The number of nitrogens with zero attached hydrogens (tertiary/aromatic N) is 1. The van der Waals surface area contributed by atoms with Crippen molar-refractivity contribution in [1.82, 2.24) is 4.90 Å². The monoisotopic (exact) mass is 249 g/mol. The molecule has 0 aromatic carbocycles. The molecule has 3 fully saturated rings. The lowest BCUT2D eigenvalue weighted by molar-refractivity contribution is -0.147. The van der Waals surface area contributed by atoms with Crippen LogP contribution >= 0.6 is 0 Å². The largest absolute Gasteiger partial charge is 0.300 e. The molecule has 0 bridgehead atoms. The lowest BCUT2D eigenvalue weighted by atomic mass is 9.70. The third kappa shape index (κ3) is 0.993. The van der Waals surface area contributed by atoms with Gasteiger partial charge in [0.05, 0.1) is 10.8 Å². The van der Waals surface area contributed by atoms with E-state index in [1.54, 1.807) is 13.8 Å². The predicted octanol–water partition coefficient (Wildman–Crippen LogP) is 0.462. The Kier molecular flexibility index (Phi) is 1.98. The molecule has 2 saturated carbocycles. The number of amides is 2. The van der Waals surface area contributed by atoms with Crippen LogP contribution in [0, 0.1) is 10.8 Å². The van der Waals surface area contributed by atoms with Crippen LogP contribution in [0.4, 0.5) is 0 Å². The molecule has 1 saturated heterocycles. The van der Waals surface area contributed by atoms with Crippen LogP contribution in [-0.2, 0) is 19.2 Å². The number of carbonyl (C=O) groups is 4. The second-order valence-corrected chi connectivity index (χ2v) is 6.02. The molecule has 5 heteroatoms. The molecule has 5 nitrogen and oxygen atoms in total. The van der Waals surface area contributed by atoms with Crippen molar-refractivity contribution < 1.29 is 19.2 Å². The van der Waals surface area contributed by atoms with Gasteiger partial charge in [0.1, 0.15) is 11.6 Å². The van der Waals surface area contributed by atoms with E-state index in [4.69, 9.17) is 0 Å². The Bertz CT molecular complexity index is 447. The average Bonchev–Trinajstić information content (AvgIpc) is 2.70. The second kappa shape index (κ2) is 3.08. The van der Waals surface area contributed by atoms with Gasteiger partial charge in [0.25, 0.3) is 0 Å². The Morgan fingerprint density at radius 1 is 0.833 bits per heavy atom. The lowest BCUT2D eigenvalue weighted by Crippen LogP contribution is -2.41. The second-order valence-electron chi connectivity index (χ2n) is 6.02. The summed E-state index contributed by atoms with van der Waals surface area (Å²) in [6, 6.07) is -0.215. The summed E-state index contributed by atoms with van der Waals surface area (Å²) in [6.45, 7) is 3.56. The lowest BCUT2D eigenvalue weighted by Gasteiger charge is -2.25. The van der Waals surface area contributed by atoms with Gasteiger partial charge in [0, 0.05) is 31.7 Å². The maximum absolute atomic E-state index is 12.5. The highest BCUT2D eigenvalue weighted by Crippen LogP contribution is 2.65. The highest BCUT2D eigenvalue weighted by Gasteiger charge is 2.77. The number of hydrogen-bond donors (Lipinski definition) is 0. The summed E-state index contributed by atoms with van der Waals surface area (Å²) in [7, 11) is 0. The topological polar surface area (TPSA) is 71.5 Å². The number of likely N-dealkylation sites (tertiary alicyclic amines) is 1. The molecular formula is C13H15NO4. The van der Waals surface area contributed by atoms with Gasteiger partial charge in [-0.15, -0.1) is 0 Å². The maximum Gasteiger partial charge on any atom is 0.237 e.